The third kappa shape index (κ3) is 5.24. The van der Waals surface area contributed by atoms with Crippen molar-refractivity contribution >= 4 is 44.3 Å². The van der Waals surface area contributed by atoms with Crippen LogP contribution in [0, 0.1) is 18.7 Å². The number of piperidine rings is 1. The second kappa shape index (κ2) is 9.88. The number of nitrogens with one attached hydrogen (secondary N) is 2. The fourth-order valence-corrected chi connectivity index (χ4v) is 4.90. The van der Waals surface area contributed by atoms with E-state index in [1.54, 1.807) is 13.0 Å². The number of thiazole rings is 1. The van der Waals surface area contributed by atoms with Crippen molar-refractivity contribution in [2.45, 2.75) is 46.2 Å². The van der Waals surface area contributed by atoms with Crippen LogP contribution in [0.1, 0.15) is 32.3 Å². The lowest BCUT2D eigenvalue weighted by atomic mass is 9.96. The number of halogens is 1. The van der Waals surface area contributed by atoms with Crippen LogP contribution in [0.3, 0.4) is 0 Å². The third-order valence-electron chi connectivity index (χ3n) is 5.65. The number of hydrogen-bond donors (Lipinski definition) is 2. The maximum Gasteiger partial charge on any atom is 0.273 e. The molecule has 1 aliphatic heterocycles. The first-order chi connectivity index (χ1) is 16.2. The lowest BCUT2D eigenvalue weighted by molar-refractivity contribution is -0.126. The van der Waals surface area contributed by atoms with Crippen LogP contribution in [-0.2, 0) is 16.1 Å². The predicted molar refractivity (Wildman–Crippen MR) is 130 cm³/mol. The van der Waals surface area contributed by atoms with Gasteiger partial charge in [0, 0.05) is 25.0 Å². The molecule has 0 unspecified atom stereocenters. The zero-order chi connectivity index (χ0) is 24.4. The van der Waals surface area contributed by atoms with Crippen LogP contribution in [0.15, 0.2) is 29.3 Å². The van der Waals surface area contributed by atoms with Gasteiger partial charge in [-0.2, -0.15) is 4.98 Å². The lowest BCUT2D eigenvalue weighted by Gasteiger charge is -2.31. The van der Waals surface area contributed by atoms with Crippen LogP contribution in [0.5, 0.6) is 0 Å². The Balaban J connectivity index is 1.44. The summed E-state index contributed by atoms with van der Waals surface area (Å²) in [7, 11) is 0. The molecule has 1 fully saturated rings. The molecule has 9 nitrogen and oxygen atoms in total. The van der Waals surface area contributed by atoms with Crippen molar-refractivity contribution in [3.63, 3.8) is 0 Å². The molecule has 0 bridgehead atoms. The Morgan fingerprint density at radius 2 is 2.00 bits per heavy atom. The Morgan fingerprint density at radius 1 is 1.26 bits per heavy atom. The maximum absolute atomic E-state index is 14.0. The number of carbonyl (C=O) groups is 2. The second-order valence-corrected chi connectivity index (χ2v) is 9.76. The van der Waals surface area contributed by atoms with Gasteiger partial charge in [0.1, 0.15) is 23.4 Å². The van der Waals surface area contributed by atoms with Gasteiger partial charge in [0.25, 0.3) is 5.56 Å². The third-order valence-corrected chi connectivity index (χ3v) is 6.75. The minimum Gasteiger partial charge on any atom is -0.354 e. The van der Waals surface area contributed by atoms with Gasteiger partial charge in [0.2, 0.25) is 11.8 Å². The molecule has 3 heterocycles. The fraction of sp³-hybridized carbons (Fsp3) is 0.435. The van der Waals surface area contributed by atoms with Gasteiger partial charge in [-0.05, 0) is 51.3 Å². The van der Waals surface area contributed by atoms with E-state index in [0.29, 0.717) is 41.4 Å². The van der Waals surface area contributed by atoms with Gasteiger partial charge >= 0.3 is 0 Å². The Kier molecular flexibility index (Phi) is 6.92. The molecule has 0 radical (unpaired) electrons. The predicted octanol–water partition coefficient (Wildman–Crippen LogP) is 2.68. The minimum absolute atomic E-state index is 0.0275. The van der Waals surface area contributed by atoms with Gasteiger partial charge in [-0.25, -0.2) is 9.37 Å². The molecule has 4 rings (SSSR count). The first-order valence-corrected chi connectivity index (χ1v) is 12.0. The fourth-order valence-electron chi connectivity index (χ4n) is 3.88. The van der Waals surface area contributed by atoms with Crippen LogP contribution in [-0.4, -0.2) is 45.5 Å². The van der Waals surface area contributed by atoms with E-state index in [-0.39, 0.29) is 35.7 Å². The normalized spacial score (nSPS) is 14.6. The quantitative estimate of drug-likeness (QED) is 0.555. The zero-order valence-corrected chi connectivity index (χ0v) is 20.1. The van der Waals surface area contributed by atoms with Crippen molar-refractivity contribution < 1.29 is 14.0 Å². The molecule has 34 heavy (non-hydrogen) atoms. The number of amides is 2. The van der Waals surface area contributed by atoms with Crippen molar-refractivity contribution in [1.82, 2.24) is 19.9 Å². The van der Waals surface area contributed by atoms with Gasteiger partial charge in [-0.3, -0.25) is 19.0 Å². The smallest absolute Gasteiger partial charge is 0.273 e. The minimum atomic E-state index is -0.535. The molecule has 11 heteroatoms. The Bertz CT molecular complexity index is 1280. The summed E-state index contributed by atoms with van der Waals surface area (Å²) in [5.74, 6) is -1.02. The average molecular weight is 487 g/mol. The van der Waals surface area contributed by atoms with Crippen LogP contribution in [0.4, 0.5) is 15.2 Å². The van der Waals surface area contributed by atoms with Gasteiger partial charge in [-0.1, -0.05) is 17.4 Å². The van der Waals surface area contributed by atoms with E-state index in [1.807, 2.05) is 13.8 Å². The number of aryl methyl sites for hydroxylation is 1. The van der Waals surface area contributed by atoms with Crippen molar-refractivity contribution in [1.29, 1.82) is 0 Å². The Hall–Kier alpha value is -3.34. The van der Waals surface area contributed by atoms with Gasteiger partial charge < -0.3 is 15.5 Å². The molecule has 0 aliphatic carbocycles. The number of carbonyl (C=O) groups excluding carboxylic acids is 2. The number of rotatable bonds is 6. The summed E-state index contributed by atoms with van der Waals surface area (Å²) in [6.07, 6.45) is 2.70. The maximum atomic E-state index is 14.0. The average Bonchev–Trinajstić information content (AvgIpc) is 3.22. The molecular formula is C23H27FN6O3S. The highest BCUT2D eigenvalue weighted by Gasteiger charge is 2.27. The summed E-state index contributed by atoms with van der Waals surface area (Å²) >= 11 is 1.23. The summed E-state index contributed by atoms with van der Waals surface area (Å²) in [4.78, 5) is 48.4. The van der Waals surface area contributed by atoms with Crippen LogP contribution < -0.4 is 21.1 Å². The number of aromatic nitrogens is 3. The van der Waals surface area contributed by atoms with Crippen LogP contribution in [0.25, 0.3) is 10.3 Å². The van der Waals surface area contributed by atoms with E-state index in [9.17, 15) is 18.8 Å². The van der Waals surface area contributed by atoms with Crippen molar-refractivity contribution in [2.75, 3.05) is 23.3 Å². The first kappa shape index (κ1) is 23.8. The van der Waals surface area contributed by atoms with E-state index < -0.39 is 11.7 Å². The molecule has 0 atom stereocenters. The Morgan fingerprint density at radius 3 is 2.68 bits per heavy atom. The first-order valence-electron chi connectivity index (χ1n) is 11.2. The van der Waals surface area contributed by atoms with Crippen molar-refractivity contribution in [3.05, 3.63) is 46.3 Å². The Labute approximate surface area is 200 Å². The molecule has 180 valence electrons. The monoisotopic (exact) mass is 486 g/mol. The van der Waals surface area contributed by atoms with Crippen LogP contribution in [0.2, 0.25) is 0 Å². The van der Waals surface area contributed by atoms with E-state index in [4.69, 9.17) is 0 Å². The molecule has 0 saturated carbocycles. The highest BCUT2D eigenvalue weighted by atomic mass is 32.1. The molecular weight excluding hydrogens is 459 g/mol. The van der Waals surface area contributed by atoms with Gasteiger partial charge in [0.05, 0.1) is 5.69 Å². The number of hydrogen-bond acceptors (Lipinski definition) is 7. The molecule has 2 N–H and O–H groups in total. The molecule has 1 saturated heterocycles. The van der Waals surface area contributed by atoms with Crippen molar-refractivity contribution in [2.24, 2.45) is 5.92 Å². The summed E-state index contributed by atoms with van der Waals surface area (Å²) in [5.41, 5.74) is 0.749. The topological polar surface area (TPSA) is 109 Å². The molecule has 3 aromatic rings. The molecule has 2 amide bonds. The molecule has 1 aliphatic rings. The van der Waals surface area contributed by atoms with Crippen LogP contribution >= 0.6 is 11.3 Å². The summed E-state index contributed by atoms with van der Waals surface area (Å²) in [6.45, 7) is 6.67. The number of benzene rings is 1. The second-order valence-electron chi connectivity index (χ2n) is 8.78. The van der Waals surface area contributed by atoms with E-state index in [1.165, 1.54) is 34.4 Å². The summed E-state index contributed by atoms with van der Waals surface area (Å²) < 4.78 is 15.6. The van der Waals surface area contributed by atoms with E-state index >= 15 is 0 Å². The summed E-state index contributed by atoms with van der Waals surface area (Å²) in [5, 5.41) is 6.12. The molecule has 2 aromatic heterocycles. The largest absolute Gasteiger partial charge is 0.354 e. The number of fused-ring (bicyclic) bond motifs is 1. The number of nitrogens with zero attached hydrogens (tertiary/aromatic N) is 4. The standard InChI is InChI=1S/C23H27FN6O3S/c1-13(2)26-21(32)15-6-8-29(9-7-15)23-28-20-19(34-23)22(33)30(12-25-20)11-18(31)27-17-5-4-14(3)10-16(17)24/h4-5,10,12-13,15H,6-9,11H2,1-3H3,(H,26,32)(H,27,31). The highest BCUT2D eigenvalue weighted by molar-refractivity contribution is 7.22. The SMILES string of the molecule is Cc1ccc(NC(=O)Cn2cnc3nc(N4CCC(C(=O)NC(C)C)CC4)sc3c2=O)c(F)c1. The van der Waals surface area contributed by atoms with Gasteiger partial charge in [0.15, 0.2) is 10.8 Å². The van der Waals surface area contributed by atoms with Crippen molar-refractivity contribution in [3.8, 4) is 0 Å². The lowest BCUT2D eigenvalue weighted by Crippen LogP contribution is -2.42. The number of anilines is 2. The molecule has 0 spiro atoms. The van der Waals surface area contributed by atoms with Gasteiger partial charge in [-0.15, -0.1) is 0 Å². The highest BCUT2D eigenvalue weighted by Crippen LogP contribution is 2.29. The van der Waals surface area contributed by atoms with E-state index in [0.717, 1.165) is 5.56 Å². The van der Waals surface area contributed by atoms with E-state index in [2.05, 4.69) is 25.5 Å². The zero-order valence-electron chi connectivity index (χ0n) is 19.3. The molecule has 1 aromatic carbocycles. The summed E-state index contributed by atoms with van der Waals surface area (Å²) in [6, 6.07) is 4.61.